The van der Waals surface area contributed by atoms with Crippen molar-refractivity contribution in [1.29, 1.82) is 0 Å². The summed E-state index contributed by atoms with van der Waals surface area (Å²) >= 11 is 0. The Balaban J connectivity index is 4.40. The van der Waals surface area contributed by atoms with Gasteiger partial charge in [0.25, 0.3) is 0 Å². The molecule has 0 aliphatic heterocycles. The molecule has 0 aromatic carbocycles. The van der Waals surface area contributed by atoms with Crippen LogP contribution >= 0.6 is 0 Å². The van der Waals surface area contributed by atoms with Gasteiger partial charge in [-0.05, 0) is 6.92 Å². The zero-order valence-electron chi connectivity index (χ0n) is 7.68. The molecule has 0 radical (unpaired) electrons. The van der Waals surface area contributed by atoms with E-state index >= 15 is 0 Å². The second kappa shape index (κ2) is 4.54. The molecule has 0 amide bonds. The maximum Gasteiger partial charge on any atom is 0.419 e. The summed E-state index contributed by atoms with van der Waals surface area (Å²) in [6.07, 6.45) is -13.7. The van der Waals surface area contributed by atoms with Crippen molar-refractivity contribution in [3.63, 3.8) is 0 Å². The van der Waals surface area contributed by atoms with E-state index in [-0.39, 0.29) is 0 Å². The van der Waals surface area contributed by atoms with Crippen LogP contribution in [0.15, 0.2) is 0 Å². The molecule has 0 atom stereocenters. The standard InChI is InChI=1S/C7H9F7O/c1-2-15-7(13,14)5(8,9)3-4-6(10,11)12/h2-4H2,1H3. The molecule has 0 fully saturated rings. The molecule has 0 aliphatic carbocycles. The number of rotatable bonds is 5. The lowest BCUT2D eigenvalue weighted by Gasteiger charge is -2.25. The molecule has 8 heteroatoms. The fourth-order valence-electron chi connectivity index (χ4n) is 0.731. The van der Waals surface area contributed by atoms with Crippen molar-refractivity contribution in [3.05, 3.63) is 0 Å². The van der Waals surface area contributed by atoms with Gasteiger partial charge in [0, 0.05) is 12.8 Å². The monoisotopic (exact) mass is 242 g/mol. The Hall–Kier alpha value is -0.530. The quantitative estimate of drug-likeness (QED) is 0.669. The Morgan fingerprint density at radius 2 is 1.33 bits per heavy atom. The summed E-state index contributed by atoms with van der Waals surface area (Å²) < 4.78 is 88.0. The van der Waals surface area contributed by atoms with E-state index in [9.17, 15) is 30.7 Å². The zero-order valence-corrected chi connectivity index (χ0v) is 7.68. The van der Waals surface area contributed by atoms with E-state index < -0.39 is 37.7 Å². The van der Waals surface area contributed by atoms with Crippen molar-refractivity contribution in [2.75, 3.05) is 6.61 Å². The van der Waals surface area contributed by atoms with Gasteiger partial charge in [0.15, 0.2) is 0 Å². The van der Waals surface area contributed by atoms with Gasteiger partial charge >= 0.3 is 18.2 Å². The number of alkyl halides is 7. The Bertz CT molecular complexity index is 198. The largest absolute Gasteiger partial charge is 0.419 e. The van der Waals surface area contributed by atoms with Gasteiger partial charge in [0.2, 0.25) is 0 Å². The van der Waals surface area contributed by atoms with E-state index in [0.29, 0.717) is 0 Å². The van der Waals surface area contributed by atoms with Crippen LogP contribution in [0.2, 0.25) is 0 Å². The lowest BCUT2D eigenvalue weighted by molar-refractivity contribution is -0.350. The number of hydrogen-bond donors (Lipinski definition) is 0. The van der Waals surface area contributed by atoms with Crippen LogP contribution in [0.25, 0.3) is 0 Å². The minimum Gasteiger partial charge on any atom is -0.316 e. The molecule has 0 unspecified atom stereocenters. The van der Waals surface area contributed by atoms with Crippen LogP contribution in [0.3, 0.4) is 0 Å². The van der Waals surface area contributed by atoms with Crippen molar-refractivity contribution >= 4 is 0 Å². The van der Waals surface area contributed by atoms with Crippen LogP contribution in [0.4, 0.5) is 30.7 Å². The van der Waals surface area contributed by atoms with Crippen LogP contribution in [-0.2, 0) is 4.74 Å². The highest BCUT2D eigenvalue weighted by Crippen LogP contribution is 2.40. The van der Waals surface area contributed by atoms with Gasteiger partial charge in [-0.3, -0.25) is 0 Å². The minimum absolute atomic E-state index is 0.714. The molecule has 92 valence electrons. The molecule has 0 spiro atoms. The van der Waals surface area contributed by atoms with Crippen LogP contribution in [0.1, 0.15) is 19.8 Å². The topological polar surface area (TPSA) is 9.23 Å². The highest BCUT2D eigenvalue weighted by molar-refractivity contribution is 4.78. The number of ether oxygens (including phenoxy) is 1. The van der Waals surface area contributed by atoms with E-state index in [1.165, 1.54) is 0 Å². The first-order chi connectivity index (χ1) is 6.52. The van der Waals surface area contributed by atoms with Gasteiger partial charge in [0.1, 0.15) is 0 Å². The molecule has 15 heavy (non-hydrogen) atoms. The van der Waals surface area contributed by atoms with E-state index in [2.05, 4.69) is 4.74 Å². The maximum atomic E-state index is 12.5. The summed E-state index contributed by atoms with van der Waals surface area (Å²) in [7, 11) is 0. The number of hydrogen-bond acceptors (Lipinski definition) is 1. The Morgan fingerprint density at radius 3 is 1.67 bits per heavy atom. The predicted molar refractivity (Wildman–Crippen MR) is 36.8 cm³/mol. The highest BCUT2D eigenvalue weighted by atomic mass is 19.4. The van der Waals surface area contributed by atoms with Gasteiger partial charge in [-0.1, -0.05) is 0 Å². The molecule has 0 saturated heterocycles. The fraction of sp³-hybridized carbons (Fsp3) is 1.00. The van der Waals surface area contributed by atoms with Crippen LogP contribution in [-0.4, -0.2) is 24.8 Å². The molecule has 0 saturated carbocycles. The van der Waals surface area contributed by atoms with Crippen molar-refractivity contribution < 1.29 is 35.5 Å². The highest BCUT2D eigenvalue weighted by Gasteiger charge is 2.58. The summed E-state index contributed by atoms with van der Waals surface area (Å²) in [6, 6.07) is 0. The van der Waals surface area contributed by atoms with E-state index in [1.54, 1.807) is 0 Å². The van der Waals surface area contributed by atoms with E-state index in [0.717, 1.165) is 6.92 Å². The molecule has 0 aliphatic rings. The third kappa shape index (κ3) is 4.67. The third-order valence-electron chi connectivity index (χ3n) is 1.47. The lowest BCUT2D eigenvalue weighted by Crippen LogP contribution is -2.43. The Morgan fingerprint density at radius 1 is 0.867 bits per heavy atom. The first-order valence-corrected chi connectivity index (χ1v) is 3.98. The van der Waals surface area contributed by atoms with Crippen LogP contribution in [0, 0.1) is 0 Å². The van der Waals surface area contributed by atoms with Crippen molar-refractivity contribution in [1.82, 2.24) is 0 Å². The van der Waals surface area contributed by atoms with E-state index in [1.807, 2.05) is 0 Å². The second-order valence-corrected chi connectivity index (χ2v) is 2.77. The molecule has 0 N–H and O–H groups in total. The summed E-state index contributed by atoms with van der Waals surface area (Å²) in [6.45, 7) is 0.322. The molecule has 0 aromatic rings. The number of halogens is 7. The SMILES string of the molecule is CCOC(F)(F)C(F)(F)CCC(F)(F)F. The minimum atomic E-state index is -4.90. The van der Waals surface area contributed by atoms with Gasteiger partial charge in [-0.15, -0.1) is 0 Å². The molecule has 0 bridgehead atoms. The van der Waals surface area contributed by atoms with Crippen molar-refractivity contribution in [3.8, 4) is 0 Å². The summed E-state index contributed by atoms with van der Waals surface area (Å²) in [4.78, 5) is 0. The summed E-state index contributed by atoms with van der Waals surface area (Å²) in [5, 5.41) is 0. The van der Waals surface area contributed by atoms with Gasteiger partial charge in [-0.25, -0.2) is 0 Å². The van der Waals surface area contributed by atoms with Gasteiger partial charge < -0.3 is 4.74 Å². The molecule has 0 aromatic heterocycles. The van der Waals surface area contributed by atoms with E-state index in [4.69, 9.17) is 0 Å². The zero-order chi connectivity index (χ0) is 12.3. The second-order valence-electron chi connectivity index (χ2n) is 2.77. The lowest BCUT2D eigenvalue weighted by atomic mass is 10.1. The predicted octanol–water partition coefficient (Wildman–Crippen LogP) is 3.59. The van der Waals surface area contributed by atoms with Gasteiger partial charge in [0.05, 0.1) is 6.61 Å². The molecule has 0 rings (SSSR count). The molecular weight excluding hydrogens is 233 g/mol. The first-order valence-electron chi connectivity index (χ1n) is 3.98. The normalized spacial score (nSPS) is 14.4. The molecular formula is C7H9F7O. The van der Waals surface area contributed by atoms with Crippen molar-refractivity contribution in [2.24, 2.45) is 0 Å². The molecule has 1 nitrogen and oxygen atoms in total. The Labute approximate surface area is 81.2 Å². The van der Waals surface area contributed by atoms with Crippen LogP contribution in [0.5, 0.6) is 0 Å². The first kappa shape index (κ1) is 14.5. The summed E-state index contributed by atoms with van der Waals surface area (Å²) in [5.41, 5.74) is 0. The smallest absolute Gasteiger partial charge is 0.316 e. The third-order valence-corrected chi connectivity index (χ3v) is 1.47. The maximum absolute atomic E-state index is 12.5. The van der Waals surface area contributed by atoms with Crippen LogP contribution < -0.4 is 0 Å². The average Bonchev–Trinajstić information content (AvgIpc) is 1.99. The molecule has 0 heterocycles. The summed E-state index contributed by atoms with van der Waals surface area (Å²) in [5.74, 6) is -4.82. The Kier molecular flexibility index (Phi) is 4.38. The average molecular weight is 242 g/mol. The fourth-order valence-corrected chi connectivity index (χ4v) is 0.731. The van der Waals surface area contributed by atoms with Crippen molar-refractivity contribution in [2.45, 2.75) is 38.0 Å². The van der Waals surface area contributed by atoms with Gasteiger partial charge in [-0.2, -0.15) is 30.7 Å².